The predicted molar refractivity (Wildman–Crippen MR) is 61.2 cm³/mol. The molecule has 0 radical (unpaired) electrons. The van der Waals surface area contributed by atoms with E-state index in [1.165, 1.54) is 29.5 Å². The van der Waals surface area contributed by atoms with Gasteiger partial charge >= 0.3 is 0 Å². The summed E-state index contributed by atoms with van der Waals surface area (Å²) < 4.78 is 0.504. The van der Waals surface area contributed by atoms with Crippen molar-refractivity contribution in [2.45, 2.75) is 0 Å². The van der Waals surface area contributed by atoms with Crippen LogP contribution in [-0.4, -0.2) is 20.4 Å². The number of aromatic hydroxyl groups is 2. The van der Waals surface area contributed by atoms with Crippen molar-refractivity contribution in [1.82, 2.24) is 10.2 Å². The van der Waals surface area contributed by atoms with Gasteiger partial charge in [-0.25, -0.2) is 0 Å². The summed E-state index contributed by atoms with van der Waals surface area (Å²) in [5, 5.41) is 32.7. The first kappa shape index (κ1) is 10.7. The van der Waals surface area contributed by atoms with Gasteiger partial charge in [0.15, 0.2) is 3.95 Å². The van der Waals surface area contributed by atoms with Crippen LogP contribution in [0, 0.1) is 3.95 Å². The fourth-order valence-corrected chi connectivity index (χ4v) is 1.66. The van der Waals surface area contributed by atoms with Gasteiger partial charge in [-0.1, -0.05) is 11.3 Å². The van der Waals surface area contributed by atoms with Gasteiger partial charge in [0.1, 0.15) is 17.2 Å². The van der Waals surface area contributed by atoms with Gasteiger partial charge in [0.2, 0.25) is 5.13 Å². The van der Waals surface area contributed by atoms with Crippen molar-refractivity contribution in [1.29, 1.82) is 0 Å². The van der Waals surface area contributed by atoms with E-state index in [1.54, 1.807) is 0 Å². The molecule has 0 fully saturated rings. The number of azo groups is 1. The van der Waals surface area contributed by atoms with Crippen molar-refractivity contribution < 1.29 is 10.2 Å². The molecule has 6 nitrogen and oxygen atoms in total. The summed E-state index contributed by atoms with van der Waals surface area (Å²) in [6.07, 6.45) is 0. The zero-order valence-corrected chi connectivity index (χ0v) is 9.42. The smallest absolute Gasteiger partial charge is 0.250 e. The number of nitrogens with zero attached hydrogens (tertiary/aromatic N) is 3. The van der Waals surface area contributed by atoms with E-state index in [0.717, 1.165) is 0 Å². The van der Waals surface area contributed by atoms with Crippen molar-refractivity contribution in [2.24, 2.45) is 10.2 Å². The highest BCUT2D eigenvalue weighted by Crippen LogP contribution is 2.31. The van der Waals surface area contributed by atoms with Crippen molar-refractivity contribution in [3.63, 3.8) is 0 Å². The fourth-order valence-electron chi connectivity index (χ4n) is 0.958. The van der Waals surface area contributed by atoms with E-state index in [-0.39, 0.29) is 17.2 Å². The highest BCUT2D eigenvalue weighted by Gasteiger charge is 2.01. The summed E-state index contributed by atoms with van der Waals surface area (Å²) in [7, 11) is 0. The second-order valence-electron chi connectivity index (χ2n) is 2.77. The largest absolute Gasteiger partial charge is 0.508 e. The van der Waals surface area contributed by atoms with Gasteiger partial charge < -0.3 is 10.2 Å². The van der Waals surface area contributed by atoms with Crippen LogP contribution in [0.15, 0.2) is 28.4 Å². The topological polar surface area (TPSA) is 93.9 Å². The number of rotatable bonds is 2. The first-order valence-electron chi connectivity index (χ1n) is 4.14. The molecule has 2 rings (SSSR count). The Hall–Kier alpha value is -1.80. The van der Waals surface area contributed by atoms with Gasteiger partial charge in [-0.15, -0.1) is 15.3 Å². The standard InChI is InChI=1S/C8H6N4O2S2/c13-4-1-2-5(6(14)3-4)9-10-7-11-12-8(15)16-7/h1-3,13-14H,(H,12,15). The lowest BCUT2D eigenvalue weighted by atomic mass is 10.3. The zero-order valence-electron chi connectivity index (χ0n) is 7.78. The minimum Gasteiger partial charge on any atom is -0.508 e. The van der Waals surface area contributed by atoms with Gasteiger partial charge in [0.05, 0.1) is 0 Å². The number of benzene rings is 1. The highest BCUT2D eigenvalue weighted by molar-refractivity contribution is 7.73. The van der Waals surface area contributed by atoms with E-state index in [2.05, 4.69) is 20.4 Å². The van der Waals surface area contributed by atoms with E-state index >= 15 is 0 Å². The van der Waals surface area contributed by atoms with Crippen LogP contribution in [0.2, 0.25) is 0 Å². The van der Waals surface area contributed by atoms with Crippen LogP contribution in [0.4, 0.5) is 10.8 Å². The Morgan fingerprint density at radius 3 is 2.75 bits per heavy atom. The number of phenols is 2. The summed E-state index contributed by atoms with van der Waals surface area (Å²) in [6, 6.07) is 4.03. The summed E-state index contributed by atoms with van der Waals surface area (Å²) >= 11 is 6.00. The molecule has 1 aromatic carbocycles. The molecule has 0 unspecified atom stereocenters. The molecule has 1 heterocycles. The highest BCUT2D eigenvalue weighted by atomic mass is 32.1. The van der Waals surface area contributed by atoms with Gasteiger partial charge in [0.25, 0.3) is 0 Å². The second-order valence-corrected chi connectivity index (χ2v) is 4.41. The van der Waals surface area contributed by atoms with Crippen LogP contribution in [0.25, 0.3) is 0 Å². The molecule has 0 atom stereocenters. The quantitative estimate of drug-likeness (QED) is 0.567. The molecule has 0 spiro atoms. The van der Waals surface area contributed by atoms with E-state index in [1.807, 2.05) is 0 Å². The third kappa shape index (κ3) is 2.41. The lowest BCUT2D eigenvalue weighted by Crippen LogP contribution is -1.68. The van der Waals surface area contributed by atoms with Crippen LogP contribution in [-0.2, 0) is 0 Å². The minimum absolute atomic E-state index is 0.0353. The molecule has 0 saturated heterocycles. The van der Waals surface area contributed by atoms with Gasteiger partial charge in [-0.2, -0.15) is 0 Å². The number of nitrogens with one attached hydrogen (secondary N) is 1. The number of hydrogen-bond donors (Lipinski definition) is 3. The molecule has 0 aliphatic heterocycles. The summed E-state index contributed by atoms with van der Waals surface area (Å²) in [5.41, 5.74) is 0.249. The van der Waals surface area contributed by atoms with Gasteiger partial charge in [-0.05, 0) is 24.4 Å². The molecule has 0 amide bonds. The molecular weight excluding hydrogens is 248 g/mol. The monoisotopic (exact) mass is 254 g/mol. The Balaban J connectivity index is 2.27. The van der Waals surface area contributed by atoms with Gasteiger partial charge in [-0.3, -0.25) is 5.10 Å². The summed E-state index contributed by atoms with van der Waals surface area (Å²) in [5.74, 6) is -0.185. The van der Waals surface area contributed by atoms with Crippen LogP contribution in [0.3, 0.4) is 0 Å². The van der Waals surface area contributed by atoms with E-state index in [9.17, 15) is 5.11 Å². The summed E-state index contributed by atoms with van der Waals surface area (Å²) in [6.45, 7) is 0. The maximum Gasteiger partial charge on any atom is 0.250 e. The molecule has 82 valence electrons. The van der Waals surface area contributed by atoms with Crippen molar-refractivity contribution in [3.05, 3.63) is 22.2 Å². The zero-order chi connectivity index (χ0) is 11.5. The Kier molecular flexibility index (Phi) is 2.93. The number of phenolic OH excluding ortho intramolecular Hbond substituents is 2. The molecule has 0 saturated carbocycles. The normalized spacial score (nSPS) is 11.0. The molecule has 3 N–H and O–H groups in total. The predicted octanol–water partition coefficient (Wildman–Crippen LogP) is 3.03. The maximum absolute atomic E-state index is 9.42. The first-order valence-corrected chi connectivity index (χ1v) is 5.37. The van der Waals surface area contributed by atoms with Gasteiger partial charge in [0, 0.05) is 6.07 Å². The first-order chi connectivity index (χ1) is 7.65. The lowest BCUT2D eigenvalue weighted by Gasteiger charge is -1.96. The number of hydrogen-bond acceptors (Lipinski definition) is 7. The van der Waals surface area contributed by atoms with Crippen LogP contribution < -0.4 is 0 Å². The molecule has 16 heavy (non-hydrogen) atoms. The minimum atomic E-state index is -0.150. The summed E-state index contributed by atoms with van der Waals surface area (Å²) in [4.78, 5) is 0. The molecule has 0 aliphatic rings. The average molecular weight is 254 g/mol. The molecule has 8 heteroatoms. The van der Waals surface area contributed by atoms with Crippen molar-refractivity contribution >= 4 is 34.4 Å². The molecule has 0 bridgehead atoms. The SMILES string of the molecule is Oc1ccc(N=Nc2n[nH]c(=S)s2)c(O)c1. The number of H-pyrrole nitrogens is 1. The third-order valence-corrected chi connectivity index (χ3v) is 2.60. The number of aromatic amines is 1. The van der Waals surface area contributed by atoms with Crippen LogP contribution in [0.1, 0.15) is 0 Å². The molecule has 1 aromatic heterocycles. The van der Waals surface area contributed by atoms with E-state index in [0.29, 0.717) is 9.09 Å². The average Bonchev–Trinajstić information content (AvgIpc) is 2.63. The Labute approximate surface area is 98.9 Å². The maximum atomic E-state index is 9.42. The van der Waals surface area contributed by atoms with Crippen LogP contribution in [0.5, 0.6) is 11.5 Å². The van der Waals surface area contributed by atoms with Crippen LogP contribution >= 0.6 is 23.6 Å². The Bertz CT molecular complexity index is 590. The van der Waals surface area contributed by atoms with Crippen molar-refractivity contribution in [2.75, 3.05) is 0 Å². The number of aromatic nitrogens is 2. The fraction of sp³-hybridized carbons (Fsp3) is 0. The molecular formula is C8H6N4O2S2. The van der Waals surface area contributed by atoms with E-state index < -0.39 is 0 Å². The lowest BCUT2D eigenvalue weighted by molar-refractivity contribution is 0.451. The second kappa shape index (κ2) is 4.37. The molecule has 0 aliphatic carbocycles. The Morgan fingerprint density at radius 1 is 1.31 bits per heavy atom. The van der Waals surface area contributed by atoms with Crippen molar-refractivity contribution in [3.8, 4) is 11.5 Å². The molecule has 2 aromatic rings. The third-order valence-electron chi connectivity index (χ3n) is 1.63. The Morgan fingerprint density at radius 2 is 2.12 bits per heavy atom. The van der Waals surface area contributed by atoms with E-state index in [4.69, 9.17) is 17.3 Å².